The summed E-state index contributed by atoms with van der Waals surface area (Å²) in [6.45, 7) is 0. The van der Waals surface area contributed by atoms with Gasteiger partial charge < -0.3 is 5.32 Å². The lowest BCUT2D eigenvalue weighted by Crippen LogP contribution is -2.13. The molecule has 0 aliphatic heterocycles. The molecular formula is C21H15ClN4O. The van der Waals surface area contributed by atoms with Crippen molar-refractivity contribution in [3.63, 3.8) is 0 Å². The highest BCUT2D eigenvalue weighted by atomic mass is 35.5. The van der Waals surface area contributed by atoms with E-state index in [2.05, 4.69) is 15.4 Å². The predicted octanol–water partition coefficient (Wildman–Crippen LogP) is 4.84. The molecule has 132 valence electrons. The number of rotatable bonds is 4. The third kappa shape index (κ3) is 3.73. The molecule has 4 aromatic rings. The van der Waals surface area contributed by atoms with Gasteiger partial charge in [-0.2, -0.15) is 5.10 Å². The van der Waals surface area contributed by atoms with Gasteiger partial charge in [0.1, 0.15) is 0 Å². The number of anilines is 1. The minimum atomic E-state index is -0.303. The Hall–Kier alpha value is -3.44. The fourth-order valence-electron chi connectivity index (χ4n) is 2.75. The highest BCUT2D eigenvalue weighted by Crippen LogP contribution is 2.24. The maximum Gasteiger partial charge on any atom is 0.276 e. The number of nitrogens with zero attached hydrogens (tertiary/aromatic N) is 3. The molecule has 0 saturated heterocycles. The molecule has 4 rings (SSSR count). The second kappa shape index (κ2) is 7.43. The molecule has 6 heteroatoms. The van der Waals surface area contributed by atoms with Crippen LogP contribution in [0.5, 0.6) is 0 Å². The monoisotopic (exact) mass is 374 g/mol. The van der Waals surface area contributed by atoms with Crippen LogP contribution in [0.4, 0.5) is 5.69 Å². The summed E-state index contributed by atoms with van der Waals surface area (Å²) >= 11 is 5.99. The summed E-state index contributed by atoms with van der Waals surface area (Å²) in [6.07, 6.45) is 3.42. The van der Waals surface area contributed by atoms with E-state index in [-0.39, 0.29) is 5.91 Å². The molecule has 0 unspecified atom stereocenters. The summed E-state index contributed by atoms with van der Waals surface area (Å²) in [5, 5.41) is 7.91. The largest absolute Gasteiger partial charge is 0.321 e. The maximum atomic E-state index is 12.7. The Morgan fingerprint density at radius 1 is 0.926 bits per heavy atom. The van der Waals surface area contributed by atoms with Gasteiger partial charge in [-0.05, 0) is 48.5 Å². The molecular weight excluding hydrogens is 360 g/mol. The van der Waals surface area contributed by atoms with Crippen molar-refractivity contribution in [3.05, 3.63) is 95.9 Å². The molecule has 27 heavy (non-hydrogen) atoms. The first-order valence-electron chi connectivity index (χ1n) is 8.33. The first-order valence-corrected chi connectivity index (χ1v) is 8.71. The minimum Gasteiger partial charge on any atom is -0.321 e. The van der Waals surface area contributed by atoms with E-state index in [9.17, 15) is 4.79 Å². The lowest BCUT2D eigenvalue weighted by molar-refractivity contribution is 0.102. The number of aromatic nitrogens is 3. The number of amides is 1. The first-order chi connectivity index (χ1) is 13.2. The van der Waals surface area contributed by atoms with E-state index in [1.54, 1.807) is 47.4 Å². The number of carbonyl (C=O) groups is 1. The molecule has 5 nitrogen and oxygen atoms in total. The fourth-order valence-corrected chi connectivity index (χ4v) is 2.94. The summed E-state index contributed by atoms with van der Waals surface area (Å²) in [6, 6.07) is 22.2. The average Bonchev–Trinajstić information content (AvgIpc) is 3.15. The van der Waals surface area contributed by atoms with Gasteiger partial charge in [-0.1, -0.05) is 35.9 Å². The molecule has 0 radical (unpaired) electrons. The molecule has 0 fully saturated rings. The van der Waals surface area contributed by atoms with E-state index in [4.69, 9.17) is 11.6 Å². The van der Waals surface area contributed by atoms with Gasteiger partial charge in [-0.15, -0.1) is 0 Å². The van der Waals surface area contributed by atoms with Crippen molar-refractivity contribution in [2.75, 3.05) is 5.32 Å². The topological polar surface area (TPSA) is 59.8 Å². The molecule has 0 aliphatic rings. The molecule has 0 atom stereocenters. The Bertz CT molecular complexity index is 1020. The lowest BCUT2D eigenvalue weighted by atomic mass is 10.2. The summed E-state index contributed by atoms with van der Waals surface area (Å²) in [5.74, 6) is -0.303. The van der Waals surface area contributed by atoms with Crippen molar-refractivity contribution in [1.29, 1.82) is 0 Å². The third-order valence-electron chi connectivity index (χ3n) is 4.00. The third-order valence-corrected chi connectivity index (χ3v) is 4.24. The highest BCUT2D eigenvalue weighted by Gasteiger charge is 2.17. The van der Waals surface area contributed by atoms with Crippen molar-refractivity contribution in [3.8, 4) is 16.9 Å². The molecule has 2 aromatic carbocycles. The molecule has 0 bridgehead atoms. The molecule has 1 amide bonds. The van der Waals surface area contributed by atoms with Crippen LogP contribution in [0.15, 0.2) is 85.2 Å². The molecule has 0 spiro atoms. The molecule has 2 heterocycles. The van der Waals surface area contributed by atoms with Crippen molar-refractivity contribution in [2.24, 2.45) is 0 Å². The van der Waals surface area contributed by atoms with Gasteiger partial charge in [0, 0.05) is 28.7 Å². The summed E-state index contributed by atoms with van der Waals surface area (Å²) in [4.78, 5) is 16.8. The van der Waals surface area contributed by atoms with Gasteiger partial charge in [-0.25, -0.2) is 4.68 Å². The molecule has 1 N–H and O–H groups in total. The number of benzene rings is 2. The van der Waals surface area contributed by atoms with Crippen LogP contribution in [0.2, 0.25) is 5.02 Å². The van der Waals surface area contributed by atoms with Crippen molar-refractivity contribution >= 4 is 23.2 Å². The van der Waals surface area contributed by atoms with Crippen LogP contribution >= 0.6 is 11.6 Å². The Morgan fingerprint density at radius 2 is 1.70 bits per heavy atom. The number of hydrogen-bond acceptors (Lipinski definition) is 3. The van der Waals surface area contributed by atoms with Crippen LogP contribution in [0.25, 0.3) is 16.9 Å². The normalized spacial score (nSPS) is 10.6. The maximum absolute atomic E-state index is 12.7. The van der Waals surface area contributed by atoms with E-state index in [0.717, 1.165) is 16.9 Å². The second-order valence-corrected chi connectivity index (χ2v) is 6.30. The van der Waals surface area contributed by atoms with E-state index in [1.807, 2.05) is 42.5 Å². The lowest BCUT2D eigenvalue weighted by Gasteiger charge is -2.07. The zero-order valence-electron chi connectivity index (χ0n) is 14.2. The number of nitrogens with one attached hydrogen (secondary N) is 1. The van der Waals surface area contributed by atoms with Crippen molar-refractivity contribution in [2.45, 2.75) is 0 Å². The minimum absolute atomic E-state index is 0.303. The predicted molar refractivity (Wildman–Crippen MR) is 106 cm³/mol. The molecule has 2 aromatic heterocycles. The number of halogens is 1. The van der Waals surface area contributed by atoms with E-state index < -0.39 is 0 Å². The fraction of sp³-hybridized carbons (Fsp3) is 0. The van der Waals surface area contributed by atoms with Crippen LogP contribution in [-0.2, 0) is 0 Å². The summed E-state index contributed by atoms with van der Waals surface area (Å²) < 4.78 is 1.75. The van der Waals surface area contributed by atoms with Crippen LogP contribution in [-0.4, -0.2) is 20.7 Å². The first kappa shape index (κ1) is 17.0. The van der Waals surface area contributed by atoms with Gasteiger partial charge in [0.05, 0.1) is 11.4 Å². The number of pyridine rings is 1. The number of carbonyl (C=O) groups excluding carboxylic acids is 1. The number of para-hydroxylation sites is 1. The van der Waals surface area contributed by atoms with Crippen LogP contribution in [0.1, 0.15) is 10.5 Å². The molecule has 0 saturated carbocycles. The van der Waals surface area contributed by atoms with Gasteiger partial charge >= 0.3 is 0 Å². The van der Waals surface area contributed by atoms with E-state index in [0.29, 0.717) is 16.4 Å². The van der Waals surface area contributed by atoms with Gasteiger partial charge in [0.25, 0.3) is 5.91 Å². The average molecular weight is 375 g/mol. The zero-order valence-corrected chi connectivity index (χ0v) is 15.0. The Labute approximate surface area is 161 Å². The van der Waals surface area contributed by atoms with Gasteiger partial charge in [-0.3, -0.25) is 9.78 Å². The van der Waals surface area contributed by atoms with E-state index >= 15 is 0 Å². The zero-order chi connectivity index (χ0) is 18.6. The van der Waals surface area contributed by atoms with Crippen LogP contribution < -0.4 is 5.32 Å². The van der Waals surface area contributed by atoms with Crippen LogP contribution in [0.3, 0.4) is 0 Å². The Balaban J connectivity index is 1.74. The number of hydrogen-bond donors (Lipinski definition) is 1. The highest BCUT2D eigenvalue weighted by molar-refractivity contribution is 6.30. The van der Waals surface area contributed by atoms with Gasteiger partial charge in [0.15, 0.2) is 5.69 Å². The Morgan fingerprint density at radius 3 is 2.44 bits per heavy atom. The molecule has 0 aliphatic carbocycles. The van der Waals surface area contributed by atoms with Gasteiger partial charge in [0.2, 0.25) is 0 Å². The smallest absolute Gasteiger partial charge is 0.276 e. The summed E-state index contributed by atoms with van der Waals surface area (Å²) in [5.41, 5.74) is 3.52. The van der Waals surface area contributed by atoms with Crippen LogP contribution in [0, 0.1) is 0 Å². The van der Waals surface area contributed by atoms with Crippen molar-refractivity contribution < 1.29 is 4.79 Å². The van der Waals surface area contributed by atoms with E-state index in [1.165, 1.54) is 0 Å². The standard InChI is InChI=1S/C21H15ClN4O/c22-16-5-4-6-17(13-16)24-21(27)19-14-20(15-9-11-23-12-10-15)26(25-19)18-7-2-1-3-8-18/h1-14H,(H,24,27). The summed E-state index contributed by atoms with van der Waals surface area (Å²) in [7, 11) is 0. The second-order valence-electron chi connectivity index (χ2n) is 5.86. The SMILES string of the molecule is O=C(Nc1cccc(Cl)c1)c1cc(-c2ccncc2)n(-c2ccccc2)n1. The van der Waals surface area contributed by atoms with Crippen molar-refractivity contribution in [1.82, 2.24) is 14.8 Å². The quantitative estimate of drug-likeness (QED) is 0.556. The Kier molecular flexibility index (Phi) is 4.68.